The van der Waals surface area contributed by atoms with E-state index in [9.17, 15) is 13.2 Å². The molecule has 2 aliphatic rings. The number of sulfonamides is 1. The number of benzene rings is 2. The van der Waals surface area contributed by atoms with E-state index in [0.717, 1.165) is 42.7 Å². The topological polar surface area (TPSA) is 79.0 Å². The Kier molecular flexibility index (Phi) is 6.69. The molecule has 2 fully saturated rings. The highest BCUT2D eigenvalue weighted by molar-refractivity contribution is 7.89. The lowest BCUT2D eigenvalue weighted by molar-refractivity contribution is 0.0730. The van der Waals surface area contributed by atoms with Crippen LogP contribution in [0.15, 0.2) is 64.9 Å². The lowest BCUT2D eigenvalue weighted by atomic mass is 10.1. The van der Waals surface area contributed by atoms with E-state index in [1.165, 1.54) is 15.6 Å². The number of ether oxygens (including phenoxy) is 1. The van der Waals surface area contributed by atoms with Crippen molar-refractivity contribution in [3.8, 4) is 11.1 Å². The fraction of sp³-hybridized carbons (Fsp3) is 0.320. The van der Waals surface area contributed by atoms with E-state index in [4.69, 9.17) is 4.74 Å². The third-order valence-electron chi connectivity index (χ3n) is 6.23. The first kappa shape index (κ1) is 23.0. The van der Waals surface area contributed by atoms with Crippen LogP contribution in [0, 0.1) is 0 Å². The van der Waals surface area contributed by atoms with Crippen molar-refractivity contribution in [3.63, 3.8) is 0 Å². The van der Waals surface area contributed by atoms with Gasteiger partial charge in [0.05, 0.1) is 34.4 Å². The number of amides is 1. The minimum atomic E-state index is -3.68. The Morgan fingerprint density at radius 2 is 1.68 bits per heavy atom. The van der Waals surface area contributed by atoms with Crippen molar-refractivity contribution in [3.05, 3.63) is 64.9 Å². The average Bonchev–Trinajstić information content (AvgIpc) is 3.58. The van der Waals surface area contributed by atoms with Crippen LogP contribution in [0.1, 0.15) is 22.5 Å². The Balaban J connectivity index is 1.49. The number of nitrogens with zero attached hydrogens (tertiary/aromatic N) is 2. The van der Waals surface area contributed by atoms with Gasteiger partial charge in [-0.2, -0.15) is 4.31 Å². The summed E-state index contributed by atoms with van der Waals surface area (Å²) in [4.78, 5) is 16.4. The van der Waals surface area contributed by atoms with Gasteiger partial charge in [-0.1, -0.05) is 30.3 Å². The number of hydrogen-bond acceptors (Lipinski definition) is 6. The van der Waals surface area contributed by atoms with Crippen molar-refractivity contribution >= 4 is 38.6 Å². The molecule has 0 radical (unpaired) electrons. The molecule has 2 aliphatic heterocycles. The van der Waals surface area contributed by atoms with Gasteiger partial charge in [-0.05, 0) is 48.1 Å². The van der Waals surface area contributed by atoms with Crippen LogP contribution in [0.25, 0.3) is 11.1 Å². The van der Waals surface area contributed by atoms with Crippen molar-refractivity contribution in [2.75, 3.05) is 49.6 Å². The first-order valence-electron chi connectivity index (χ1n) is 11.5. The van der Waals surface area contributed by atoms with Crippen molar-refractivity contribution in [2.45, 2.75) is 17.7 Å². The molecule has 0 unspecified atom stereocenters. The van der Waals surface area contributed by atoms with Gasteiger partial charge >= 0.3 is 0 Å². The van der Waals surface area contributed by atoms with E-state index in [1.54, 1.807) is 12.1 Å². The normalized spacial score (nSPS) is 17.1. The average molecular weight is 498 g/mol. The summed E-state index contributed by atoms with van der Waals surface area (Å²) < 4.78 is 33.3. The number of carbonyl (C=O) groups is 1. The quantitative estimate of drug-likeness (QED) is 0.550. The van der Waals surface area contributed by atoms with Gasteiger partial charge in [-0.15, -0.1) is 11.3 Å². The van der Waals surface area contributed by atoms with Gasteiger partial charge in [0.15, 0.2) is 0 Å². The summed E-state index contributed by atoms with van der Waals surface area (Å²) in [6, 6.07) is 16.8. The molecule has 1 amide bonds. The molecule has 0 saturated carbocycles. The number of thiophene rings is 1. The van der Waals surface area contributed by atoms with Crippen LogP contribution in [-0.2, 0) is 14.8 Å². The fourth-order valence-electron chi connectivity index (χ4n) is 4.45. The largest absolute Gasteiger partial charge is 0.379 e. The molecule has 2 aromatic carbocycles. The zero-order valence-corrected chi connectivity index (χ0v) is 20.4. The van der Waals surface area contributed by atoms with Crippen molar-refractivity contribution in [1.29, 1.82) is 0 Å². The lowest BCUT2D eigenvalue weighted by Gasteiger charge is -2.27. The van der Waals surface area contributed by atoms with Gasteiger partial charge in [0.1, 0.15) is 0 Å². The molecule has 5 rings (SSSR count). The molecule has 1 N–H and O–H groups in total. The highest BCUT2D eigenvalue weighted by atomic mass is 32.2. The maximum absolute atomic E-state index is 13.4. The second-order valence-electron chi connectivity index (χ2n) is 8.37. The first-order valence-corrected chi connectivity index (χ1v) is 13.8. The minimum absolute atomic E-state index is 0.183. The Labute approximate surface area is 204 Å². The first-order chi connectivity index (χ1) is 16.5. The van der Waals surface area contributed by atoms with Gasteiger partial charge in [0.25, 0.3) is 5.91 Å². The summed E-state index contributed by atoms with van der Waals surface area (Å²) in [5.74, 6) is -0.241. The highest BCUT2D eigenvalue weighted by Gasteiger charge is 2.28. The third-order valence-corrected chi connectivity index (χ3v) is 9.03. The van der Waals surface area contributed by atoms with Gasteiger partial charge in [-0.25, -0.2) is 8.42 Å². The molecule has 7 nitrogen and oxygen atoms in total. The summed E-state index contributed by atoms with van der Waals surface area (Å²) in [6.07, 6.45) is 2.15. The van der Waals surface area contributed by atoms with Crippen LogP contribution in [0.5, 0.6) is 0 Å². The monoisotopic (exact) mass is 497 g/mol. The van der Waals surface area contributed by atoms with E-state index in [2.05, 4.69) is 10.2 Å². The van der Waals surface area contributed by atoms with E-state index in [0.29, 0.717) is 36.9 Å². The predicted octanol–water partition coefficient (Wildman–Crippen LogP) is 4.29. The van der Waals surface area contributed by atoms with Crippen molar-refractivity contribution in [2.24, 2.45) is 0 Å². The molecule has 0 aliphatic carbocycles. The molecular weight excluding hydrogens is 470 g/mol. The molecule has 3 heterocycles. The molecule has 2 saturated heterocycles. The smallest absolute Gasteiger partial charge is 0.266 e. The van der Waals surface area contributed by atoms with Gasteiger partial charge in [0.2, 0.25) is 10.0 Å². The zero-order valence-electron chi connectivity index (χ0n) is 18.8. The molecule has 1 aromatic heterocycles. The number of morpholine rings is 1. The standard InChI is InChI=1S/C25H27N3O4S2/c29-25(24-21(10-17-33-24)19-6-2-1-3-7-19)26-22-18-20(8-9-23(22)27-11-4-5-12-27)34(30,31)28-13-15-32-16-14-28/h1-3,6-10,17-18H,4-5,11-16H2,(H,26,29). The van der Waals surface area contributed by atoms with Crippen LogP contribution < -0.4 is 10.2 Å². The number of rotatable bonds is 6. The Morgan fingerprint density at radius 3 is 2.41 bits per heavy atom. The second kappa shape index (κ2) is 9.87. The Hall–Kier alpha value is -2.72. The van der Waals surface area contributed by atoms with Crippen LogP contribution >= 0.6 is 11.3 Å². The maximum atomic E-state index is 13.4. The molecule has 3 aromatic rings. The van der Waals surface area contributed by atoms with Crippen LogP contribution in [0.4, 0.5) is 11.4 Å². The fourth-order valence-corrected chi connectivity index (χ4v) is 6.70. The molecule has 0 atom stereocenters. The summed E-state index contributed by atoms with van der Waals surface area (Å²) in [7, 11) is -3.68. The van der Waals surface area contributed by atoms with Crippen LogP contribution in [0.2, 0.25) is 0 Å². The van der Waals surface area contributed by atoms with Gasteiger partial charge in [0, 0.05) is 31.7 Å². The van der Waals surface area contributed by atoms with Crippen molar-refractivity contribution in [1.82, 2.24) is 4.31 Å². The van der Waals surface area contributed by atoms with E-state index in [1.807, 2.05) is 47.8 Å². The van der Waals surface area contributed by atoms with Crippen LogP contribution in [-0.4, -0.2) is 58.0 Å². The Bertz CT molecular complexity index is 1260. The summed E-state index contributed by atoms with van der Waals surface area (Å²) in [5, 5.41) is 4.94. The molecule has 0 bridgehead atoms. The summed E-state index contributed by atoms with van der Waals surface area (Å²) in [5.41, 5.74) is 3.21. The number of anilines is 2. The predicted molar refractivity (Wildman–Crippen MR) is 135 cm³/mol. The third kappa shape index (κ3) is 4.61. The number of hydrogen-bond donors (Lipinski definition) is 1. The molecule has 9 heteroatoms. The van der Waals surface area contributed by atoms with Gasteiger partial charge < -0.3 is 15.0 Å². The zero-order chi connectivity index (χ0) is 23.5. The SMILES string of the molecule is O=C(Nc1cc(S(=O)(=O)N2CCOCC2)ccc1N1CCCC1)c1sccc1-c1ccccc1. The van der Waals surface area contributed by atoms with Crippen molar-refractivity contribution < 1.29 is 17.9 Å². The van der Waals surface area contributed by atoms with E-state index >= 15 is 0 Å². The highest BCUT2D eigenvalue weighted by Crippen LogP contribution is 2.34. The molecular formula is C25H27N3O4S2. The Morgan fingerprint density at radius 1 is 0.941 bits per heavy atom. The van der Waals surface area contributed by atoms with Crippen LogP contribution in [0.3, 0.4) is 0 Å². The molecule has 178 valence electrons. The summed E-state index contributed by atoms with van der Waals surface area (Å²) in [6.45, 7) is 3.19. The number of carbonyl (C=O) groups excluding carboxylic acids is 1. The number of nitrogens with one attached hydrogen (secondary N) is 1. The molecule has 34 heavy (non-hydrogen) atoms. The van der Waals surface area contributed by atoms with E-state index < -0.39 is 10.0 Å². The summed E-state index contributed by atoms with van der Waals surface area (Å²) >= 11 is 1.38. The van der Waals surface area contributed by atoms with Gasteiger partial charge in [-0.3, -0.25) is 4.79 Å². The molecule has 0 spiro atoms. The van der Waals surface area contributed by atoms with E-state index in [-0.39, 0.29) is 10.8 Å². The maximum Gasteiger partial charge on any atom is 0.266 e. The minimum Gasteiger partial charge on any atom is -0.379 e. The second-order valence-corrected chi connectivity index (χ2v) is 11.2. The lowest BCUT2D eigenvalue weighted by Crippen LogP contribution is -2.40.